The maximum absolute atomic E-state index is 3.43. The molecular weight excluding hydrogens is 226 g/mol. The Morgan fingerprint density at radius 2 is 1.88 bits per heavy atom. The van der Waals surface area contributed by atoms with E-state index >= 15 is 0 Å². The van der Waals surface area contributed by atoms with Crippen molar-refractivity contribution in [2.45, 2.75) is 50.0 Å². The Bertz CT molecular complexity index is 274. The zero-order chi connectivity index (χ0) is 12.3. The zero-order valence-corrected chi connectivity index (χ0v) is 11.9. The van der Waals surface area contributed by atoms with Crippen LogP contribution in [0.2, 0.25) is 0 Å². The SMILES string of the molecule is CCCCCCC(CSc1ccccc1)NC. The summed E-state index contributed by atoms with van der Waals surface area (Å²) in [4.78, 5) is 1.38. The molecule has 0 heterocycles. The predicted molar refractivity (Wildman–Crippen MR) is 78.8 cm³/mol. The minimum absolute atomic E-state index is 0.650. The lowest BCUT2D eigenvalue weighted by Gasteiger charge is -2.15. The van der Waals surface area contributed by atoms with Crippen molar-refractivity contribution in [3.05, 3.63) is 30.3 Å². The van der Waals surface area contributed by atoms with Gasteiger partial charge in [0.05, 0.1) is 0 Å². The molecule has 2 heteroatoms. The summed E-state index contributed by atoms with van der Waals surface area (Å²) in [6.45, 7) is 2.26. The summed E-state index contributed by atoms with van der Waals surface area (Å²) in [5, 5.41) is 3.43. The van der Waals surface area contributed by atoms with Gasteiger partial charge in [0.25, 0.3) is 0 Å². The van der Waals surface area contributed by atoms with E-state index < -0.39 is 0 Å². The van der Waals surface area contributed by atoms with Gasteiger partial charge < -0.3 is 5.32 Å². The third-order valence-electron chi connectivity index (χ3n) is 3.01. The molecule has 0 spiro atoms. The number of nitrogens with one attached hydrogen (secondary N) is 1. The molecule has 0 aliphatic heterocycles. The molecule has 1 atom stereocenters. The molecule has 0 bridgehead atoms. The molecule has 96 valence electrons. The van der Waals surface area contributed by atoms with E-state index in [9.17, 15) is 0 Å². The Hall–Kier alpha value is -0.470. The van der Waals surface area contributed by atoms with Gasteiger partial charge in [0.1, 0.15) is 0 Å². The van der Waals surface area contributed by atoms with Crippen LogP contribution >= 0.6 is 11.8 Å². The number of hydrogen-bond acceptors (Lipinski definition) is 2. The molecule has 0 radical (unpaired) electrons. The number of rotatable bonds is 9. The third kappa shape index (κ3) is 6.75. The van der Waals surface area contributed by atoms with E-state index in [0.29, 0.717) is 6.04 Å². The molecule has 0 saturated carbocycles. The molecule has 0 fully saturated rings. The standard InChI is InChI=1S/C15H25NS/c1-3-4-5-7-10-14(16-2)13-17-15-11-8-6-9-12-15/h6,8-9,11-12,14,16H,3-5,7,10,13H2,1-2H3. The minimum atomic E-state index is 0.650. The molecule has 1 aromatic rings. The molecule has 1 rings (SSSR count). The zero-order valence-electron chi connectivity index (χ0n) is 11.1. The molecule has 1 nitrogen and oxygen atoms in total. The number of unbranched alkanes of at least 4 members (excludes halogenated alkanes) is 3. The van der Waals surface area contributed by atoms with Gasteiger partial charge in [0.2, 0.25) is 0 Å². The van der Waals surface area contributed by atoms with Crippen LogP contribution in [0.5, 0.6) is 0 Å². The maximum Gasteiger partial charge on any atom is 0.0158 e. The average Bonchev–Trinajstić information content (AvgIpc) is 2.39. The summed E-state index contributed by atoms with van der Waals surface area (Å²) in [7, 11) is 2.08. The molecule has 1 aromatic carbocycles. The topological polar surface area (TPSA) is 12.0 Å². The summed E-state index contributed by atoms with van der Waals surface area (Å²) < 4.78 is 0. The van der Waals surface area contributed by atoms with E-state index in [4.69, 9.17) is 0 Å². The van der Waals surface area contributed by atoms with Crippen LogP contribution < -0.4 is 5.32 Å². The van der Waals surface area contributed by atoms with Gasteiger partial charge in [0, 0.05) is 16.7 Å². The lowest BCUT2D eigenvalue weighted by atomic mass is 10.1. The second kappa shape index (κ2) is 9.55. The summed E-state index contributed by atoms with van der Waals surface area (Å²) in [5.74, 6) is 1.17. The van der Waals surface area contributed by atoms with Gasteiger partial charge in [-0.15, -0.1) is 11.8 Å². The van der Waals surface area contributed by atoms with Crippen molar-refractivity contribution in [2.24, 2.45) is 0 Å². The third-order valence-corrected chi connectivity index (χ3v) is 4.18. The Morgan fingerprint density at radius 1 is 1.12 bits per heavy atom. The number of thioether (sulfide) groups is 1. The van der Waals surface area contributed by atoms with Gasteiger partial charge in [-0.2, -0.15) is 0 Å². The first-order valence-corrected chi connectivity index (χ1v) is 7.70. The quantitative estimate of drug-likeness (QED) is 0.517. The van der Waals surface area contributed by atoms with Crippen LogP contribution in [0, 0.1) is 0 Å². The molecule has 0 aromatic heterocycles. The fourth-order valence-electron chi connectivity index (χ4n) is 1.84. The first kappa shape index (κ1) is 14.6. The van der Waals surface area contributed by atoms with Crippen LogP contribution in [0.25, 0.3) is 0 Å². The van der Waals surface area contributed by atoms with Gasteiger partial charge in [-0.1, -0.05) is 50.8 Å². The lowest BCUT2D eigenvalue weighted by Crippen LogP contribution is -2.27. The molecule has 0 amide bonds. The van der Waals surface area contributed by atoms with Crippen LogP contribution in [0.3, 0.4) is 0 Å². The first-order chi connectivity index (χ1) is 8.36. The van der Waals surface area contributed by atoms with Crippen molar-refractivity contribution in [2.75, 3.05) is 12.8 Å². The van der Waals surface area contributed by atoms with Crippen molar-refractivity contribution in [3.8, 4) is 0 Å². The van der Waals surface area contributed by atoms with Crippen LogP contribution in [0.4, 0.5) is 0 Å². The Morgan fingerprint density at radius 3 is 2.53 bits per heavy atom. The smallest absolute Gasteiger partial charge is 0.0158 e. The normalized spacial score (nSPS) is 12.6. The molecule has 1 N–H and O–H groups in total. The summed E-state index contributed by atoms with van der Waals surface area (Å²) in [6.07, 6.45) is 6.74. The highest BCUT2D eigenvalue weighted by molar-refractivity contribution is 7.99. The second-order valence-electron chi connectivity index (χ2n) is 4.46. The average molecular weight is 251 g/mol. The van der Waals surface area contributed by atoms with Crippen molar-refractivity contribution in [3.63, 3.8) is 0 Å². The van der Waals surface area contributed by atoms with E-state index in [0.717, 1.165) is 0 Å². The van der Waals surface area contributed by atoms with E-state index in [-0.39, 0.29) is 0 Å². The van der Waals surface area contributed by atoms with Gasteiger partial charge >= 0.3 is 0 Å². The second-order valence-corrected chi connectivity index (χ2v) is 5.55. The highest BCUT2D eigenvalue weighted by Crippen LogP contribution is 2.19. The van der Waals surface area contributed by atoms with E-state index in [2.05, 4.69) is 49.6 Å². The van der Waals surface area contributed by atoms with Crippen LogP contribution in [0.15, 0.2) is 35.2 Å². The molecule has 0 aliphatic carbocycles. The van der Waals surface area contributed by atoms with Crippen LogP contribution in [0.1, 0.15) is 39.0 Å². The van der Waals surface area contributed by atoms with Crippen molar-refractivity contribution >= 4 is 11.8 Å². The van der Waals surface area contributed by atoms with Gasteiger partial charge in [-0.25, -0.2) is 0 Å². The number of benzene rings is 1. The molecule has 17 heavy (non-hydrogen) atoms. The largest absolute Gasteiger partial charge is 0.316 e. The fraction of sp³-hybridized carbons (Fsp3) is 0.600. The Labute approximate surface area is 110 Å². The highest BCUT2D eigenvalue weighted by atomic mass is 32.2. The van der Waals surface area contributed by atoms with E-state index in [1.54, 1.807) is 0 Å². The van der Waals surface area contributed by atoms with E-state index in [1.165, 1.54) is 42.8 Å². The predicted octanol–water partition coefficient (Wildman–Crippen LogP) is 4.34. The van der Waals surface area contributed by atoms with Crippen LogP contribution in [-0.4, -0.2) is 18.8 Å². The Kier molecular flexibility index (Phi) is 8.20. The lowest BCUT2D eigenvalue weighted by molar-refractivity contribution is 0.523. The Balaban J connectivity index is 2.18. The van der Waals surface area contributed by atoms with Crippen molar-refractivity contribution in [1.29, 1.82) is 0 Å². The van der Waals surface area contributed by atoms with Crippen molar-refractivity contribution in [1.82, 2.24) is 5.32 Å². The molecule has 0 saturated heterocycles. The summed E-state index contributed by atoms with van der Waals surface area (Å²) >= 11 is 1.95. The molecular formula is C15H25NS. The summed E-state index contributed by atoms with van der Waals surface area (Å²) in [5.41, 5.74) is 0. The van der Waals surface area contributed by atoms with Gasteiger partial charge in [0.15, 0.2) is 0 Å². The highest BCUT2D eigenvalue weighted by Gasteiger charge is 2.06. The van der Waals surface area contributed by atoms with Gasteiger partial charge in [-0.3, -0.25) is 0 Å². The summed E-state index contributed by atoms with van der Waals surface area (Å²) in [6, 6.07) is 11.3. The number of hydrogen-bond donors (Lipinski definition) is 1. The first-order valence-electron chi connectivity index (χ1n) is 6.72. The van der Waals surface area contributed by atoms with Crippen molar-refractivity contribution < 1.29 is 0 Å². The fourth-order valence-corrected chi connectivity index (χ4v) is 2.92. The van der Waals surface area contributed by atoms with E-state index in [1.807, 2.05) is 11.8 Å². The maximum atomic E-state index is 3.43. The van der Waals surface area contributed by atoms with Gasteiger partial charge in [-0.05, 0) is 25.6 Å². The minimum Gasteiger partial charge on any atom is -0.316 e. The molecule has 0 aliphatic rings. The molecule has 1 unspecified atom stereocenters. The van der Waals surface area contributed by atoms with Crippen LogP contribution in [-0.2, 0) is 0 Å². The monoisotopic (exact) mass is 251 g/mol.